The van der Waals surface area contributed by atoms with Gasteiger partial charge in [-0.3, -0.25) is 9.59 Å². The summed E-state index contributed by atoms with van der Waals surface area (Å²) in [7, 11) is 0. The van der Waals surface area contributed by atoms with E-state index in [1.807, 2.05) is 13.8 Å². The molecule has 7 heteroatoms. The minimum atomic E-state index is -0.783. The Morgan fingerprint density at radius 3 is 2.79 bits per heavy atom. The van der Waals surface area contributed by atoms with Crippen LogP contribution in [0.2, 0.25) is 0 Å². The molecular formula is C22H26O7. The molecule has 0 unspecified atom stereocenters. The molecule has 1 aliphatic heterocycles. The lowest BCUT2D eigenvalue weighted by Gasteiger charge is -2.58. The third kappa shape index (κ3) is 3.03. The Morgan fingerprint density at radius 2 is 2.14 bits per heavy atom. The summed E-state index contributed by atoms with van der Waals surface area (Å²) in [6, 6.07) is 1.63. The van der Waals surface area contributed by atoms with E-state index in [2.05, 4.69) is 0 Å². The summed E-state index contributed by atoms with van der Waals surface area (Å²) in [5.74, 6) is -1.24. The Labute approximate surface area is 169 Å². The highest BCUT2D eigenvalue weighted by Gasteiger charge is 2.65. The highest BCUT2D eigenvalue weighted by atomic mass is 16.5. The molecule has 3 aliphatic rings. The van der Waals surface area contributed by atoms with Crippen LogP contribution >= 0.6 is 0 Å². The van der Waals surface area contributed by atoms with Crippen LogP contribution < -0.4 is 0 Å². The zero-order chi connectivity index (χ0) is 21.0. The van der Waals surface area contributed by atoms with Gasteiger partial charge in [0.15, 0.2) is 5.78 Å². The Kier molecular flexibility index (Phi) is 4.69. The Hall–Kier alpha value is -2.41. The van der Waals surface area contributed by atoms with E-state index in [0.717, 1.165) is 0 Å². The number of rotatable bonds is 4. The fourth-order valence-corrected chi connectivity index (χ4v) is 5.80. The number of cyclic esters (lactones) is 1. The number of carbonyl (C=O) groups is 3. The smallest absolute Gasteiger partial charge is 0.334 e. The van der Waals surface area contributed by atoms with Gasteiger partial charge in [-0.15, -0.1) is 0 Å². The predicted octanol–water partition coefficient (Wildman–Crippen LogP) is 2.68. The molecule has 4 rings (SSSR count). The second-order valence-electron chi connectivity index (χ2n) is 8.93. The molecule has 2 aliphatic carbocycles. The van der Waals surface area contributed by atoms with Crippen molar-refractivity contribution >= 4 is 17.7 Å². The predicted molar refractivity (Wildman–Crippen MR) is 101 cm³/mol. The maximum atomic E-state index is 13.0. The van der Waals surface area contributed by atoms with Crippen molar-refractivity contribution in [3.63, 3.8) is 0 Å². The lowest BCUT2D eigenvalue weighted by Crippen LogP contribution is -2.59. The van der Waals surface area contributed by atoms with Crippen LogP contribution in [0.1, 0.15) is 50.4 Å². The van der Waals surface area contributed by atoms with E-state index in [0.29, 0.717) is 24.0 Å². The van der Waals surface area contributed by atoms with Crippen LogP contribution in [-0.4, -0.2) is 41.6 Å². The molecule has 7 nitrogen and oxygen atoms in total. The van der Waals surface area contributed by atoms with Gasteiger partial charge in [-0.1, -0.05) is 13.8 Å². The highest BCUT2D eigenvalue weighted by Crippen LogP contribution is 2.64. The van der Waals surface area contributed by atoms with Gasteiger partial charge in [-0.05, 0) is 42.2 Å². The van der Waals surface area contributed by atoms with Crippen LogP contribution in [0.4, 0.5) is 0 Å². The van der Waals surface area contributed by atoms with E-state index < -0.39 is 35.0 Å². The molecular weight excluding hydrogens is 376 g/mol. The summed E-state index contributed by atoms with van der Waals surface area (Å²) in [5.41, 5.74) is -0.365. The van der Waals surface area contributed by atoms with Gasteiger partial charge in [0, 0.05) is 24.3 Å². The van der Waals surface area contributed by atoms with Gasteiger partial charge >= 0.3 is 11.9 Å². The van der Waals surface area contributed by atoms with E-state index in [4.69, 9.17) is 13.9 Å². The van der Waals surface area contributed by atoms with E-state index in [9.17, 15) is 19.5 Å². The van der Waals surface area contributed by atoms with E-state index in [1.54, 1.807) is 12.1 Å². The van der Waals surface area contributed by atoms with Crippen molar-refractivity contribution in [3.8, 4) is 0 Å². The average Bonchev–Trinajstić information content (AvgIpc) is 3.29. The monoisotopic (exact) mass is 402 g/mol. The van der Waals surface area contributed by atoms with Crippen molar-refractivity contribution in [2.24, 2.45) is 22.7 Å². The van der Waals surface area contributed by atoms with Crippen LogP contribution in [0.15, 0.2) is 34.7 Å². The van der Waals surface area contributed by atoms with Crippen LogP contribution in [0, 0.1) is 22.7 Å². The first-order chi connectivity index (χ1) is 13.7. The van der Waals surface area contributed by atoms with Crippen LogP contribution in [-0.2, 0) is 19.1 Å². The van der Waals surface area contributed by atoms with Crippen molar-refractivity contribution in [1.29, 1.82) is 0 Å². The minimum Gasteiger partial charge on any atom is -0.472 e. The molecule has 0 radical (unpaired) electrons. The van der Waals surface area contributed by atoms with Crippen LogP contribution in [0.25, 0.3) is 0 Å². The van der Waals surface area contributed by atoms with E-state index in [1.165, 1.54) is 19.5 Å². The Balaban J connectivity index is 1.79. The first-order valence-electron chi connectivity index (χ1n) is 9.97. The Morgan fingerprint density at radius 1 is 1.38 bits per heavy atom. The first-order valence-corrected chi connectivity index (χ1v) is 9.97. The third-order valence-electron chi connectivity index (χ3n) is 7.38. The van der Waals surface area contributed by atoms with Gasteiger partial charge in [-0.2, -0.15) is 0 Å². The molecule has 0 amide bonds. The number of ketones is 1. The Bertz CT molecular complexity index is 870. The van der Waals surface area contributed by atoms with Gasteiger partial charge in [0.05, 0.1) is 17.9 Å². The lowest BCUT2D eigenvalue weighted by molar-refractivity contribution is -0.173. The fraction of sp³-hybridized carbons (Fsp3) is 0.591. The second-order valence-corrected chi connectivity index (χ2v) is 8.93. The molecule has 1 saturated carbocycles. The standard InChI is InChI=1S/C22H26O7/c1-12-18(29-13(2)23)9-22-11-28-20(26)16(22)6-15(24)7-19(22)21(12,3)8-17(25)14-4-5-27-10-14/h4-6,10,12,15,18-19,24H,7-9,11H2,1-3H3/t12-,15+,18-,19-,21+,22-/m1/s1. The summed E-state index contributed by atoms with van der Waals surface area (Å²) in [6.07, 6.45) is 4.26. The molecule has 0 aromatic carbocycles. The summed E-state index contributed by atoms with van der Waals surface area (Å²) < 4.78 is 16.1. The zero-order valence-electron chi connectivity index (χ0n) is 16.8. The SMILES string of the molecule is CC(=O)O[C@@H]1C[C@@]23COC(=O)C2=C[C@H](O)C[C@@H]3[C@@](C)(CC(=O)c2ccoc2)[C@@H]1C. The molecule has 1 aromatic rings. The normalized spacial score (nSPS) is 38.5. The molecule has 6 atom stereocenters. The second kappa shape index (κ2) is 6.83. The van der Waals surface area contributed by atoms with Gasteiger partial charge < -0.3 is 19.0 Å². The van der Waals surface area contributed by atoms with Crippen molar-refractivity contribution in [2.75, 3.05) is 6.61 Å². The summed E-state index contributed by atoms with van der Waals surface area (Å²) in [4.78, 5) is 37.3. The zero-order valence-corrected chi connectivity index (χ0v) is 16.8. The van der Waals surface area contributed by atoms with Crippen molar-refractivity contribution in [3.05, 3.63) is 35.8 Å². The molecule has 2 fully saturated rings. The number of esters is 2. The highest BCUT2D eigenvalue weighted by molar-refractivity contribution is 5.96. The molecule has 0 bridgehead atoms. The largest absolute Gasteiger partial charge is 0.472 e. The number of Topliss-reactive ketones (excluding diaryl/α,β-unsaturated/α-hetero) is 1. The maximum absolute atomic E-state index is 13.0. The van der Waals surface area contributed by atoms with Gasteiger partial charge in [0.25, 0.3) is 0 Å². The molecule has 156 valence electrons. The molecule has 2 heterocycles. The van der Waals surface area contributed by atoms with Crippen molar-refractivity contribution in [1.82, 2.24) is 0 Å². The molecule has 29 heavy (non-hydrogen) atoms. The number of hydrogen-bond acceptors (Lipinski definition) is 7. The lowest BCUT2D eigenvalue weighted by atomic mass is 9.45. The first kappa shape index (κ1) is 19.9. The number of carbonyl (C=O) groups excluding carboxylic acids is 3. The van der Waals surface area contributed by atoms with E-state index in [-0.39, 0.29) is 30.6 Å². The summed E-state index contributed by atoms with van der Waals surface area (Å²) in [5, 5.41) is 10.5. The minimum absolute atomic E-state index is 0.0810. The topological polar surface area (TPSA) is 103 Å². The van der Waals surface area contributed by atoms with E-state index >= 15 is 0 Å². The van der Waals surface area contributed by atoms with Gasteiger partial charge in [-0.25, -0.2) is 4.79 Å². The summed E-state index contributed by atoms with van der Waals surface area (Å²) in [6.45, 7) is 5.51. The molecule has 1 aromatic heterocycles. The average molecular weight is 402 g/mol. The number of furan rings is 1. The van der Waals surface area contributed by atoms with Crippen LogP contribution in [0.3, 0.4) is 0 Å². The summed E-state index contributed by atoms with van der Waals surface area (Å²) >= 11 is 0. The number of ether oxygens (including phenoxy) is 2. The van der Waals surface area contributed by atoms with Crippen LogP contribution in [0.5, 0.6) is 0 Å². The molecule has 1 saturated heterocycles. The molecule has 1 N–H and O–H groups in total. The molecule has 1 spiro atoms. The van der Waals surface area contributed by atoms with Gasteiger partial charge in [0.1, 0.15) is 19.0 Å². The van der Waals surface area contributed by atoms with Gasteiger partial charge in [0.2, 0.25) is 0 Å². The fourth-order valence-electron chi connectivity index (χ4n) is 5.80. The third-order valence-corrected chi connectivity index (χ3v) is 7.38. The number of aliphatic hydroxyl groups is 1. The number of aliphatic hydroxyl groups excluding tert-OH is 1. The van der Waals surface area contributed by atoms with Crippen molar-refractivity contribution in [2.45, 2.75) is 52.2 Å². The van der Waals surface area contributed by atoms with Crippen molar-refractivity contribution < 1.29 is 33.4 Å². The number of hydrogen-bond donors (Lipinski definition) is 1. The quantitative estimate of drug-likeness (QED) is 0.610. The maximum Gasteiger partial charge on any atom is 0.334 e.